The molecule has 2 rings (SSSR count). The molecule has 0 radical (unpaired) electrons. The fourth-order valence-electron chi connectivity index (χ4n) is 1.79. The minimum atomic E-state index is -0.0331. The first-order valence-electron chi connectivity index (χ1n) is 4.75. The van der Waals surface area contributed by atoms with Crippen LogP contribution in [0.2, 0.25) is 0 Å². The molecule has 0 aromatic carbocycles. The van der Waals surface area contributed by atoms with Crippen LogP contribution >= 0.6 is 0 Å². The van der Waals surface area contributed by atoms with E-state index in [1.54, 1.807) is 0 Å². The number of likely N-dealkylation sites (tertiary alicyclic amines) is 1. The maximum absolute atomic E-state index is 9.24. The average molecular weight is 155 g/mol. The molecule has 0 aromatic rings. The third-order valence-electron chi connectivity index (χ3n) is 2.80. The van der Waals surface area contributed by atoms with Crippen LogP contribution in [0.25, 0.3) is 0 Å². The summed E-state index contributed by atoms with van der Waals surface area (Å²) in [6.07, 6.45) is 5.23. The predicted octanol–water partition coefficient (Wildman–Crippen LogP) is 0.853. The summed E-state index contributed by atoms with van der Waals surface area (Å²) in [5, 5.41) is 9.24. The van der Waals surface area contributed by atoms with Gasteiger partial charge in [-0.05, 0) is 25.3 Å². The van der Waals surface area contributed by atoms with Gasteiger partial charge in [-0.15, -0.1) is 0 Å². The van der Waals surface area contributed by atoms with Gasteiger partial charge >= 0.3 is 0 Å². The number of rotatable bonds is 3. The van der Waals surface area contributed by atoms with Crippen molar-refractivity contribution in [2.45, 2.75) is 31.8 Å². The van der Waals surface area contributed by atoms with Crippen LogP contribution in [0.15, 0.2) is 0 Å². The number of aliphatic hydroxyl groups is 1. The Balaban J connectivity index is 1.62. The molecule has 0 amide bonds. The Kier molecular flexibility index (Phi) is 2.14. The highest BCUT2D eigenvalue weighted by molar-refractivity contribution is 4.78. The molecular formula is C9H17NO. The summed E-state index contributed by atoms with van der Waals surface area (Å²) in [6, 6.07) is 0. The monoisotopic (exact) mass is 155 g/mol. The maximum Gasteiger partial charge on any atom is 0.0679 e. The van der Waals surface area contributed by atoms with E-state index in [9.17, 15) is 5.11 Å². The second-order valence-electron chi connectivity index (χ2n) is 3.98. The van der Waals surface area contributed by atoms with E-state index < -0.39 is 0 Å². The molecule has 1 saturated heterocycles. The van der Waals surface area contributed by atoms with E-state index in [2.05, 4.69) is 4.90 Å². The largest absolute Gasteiger partial charge is 0.392 e. The summed E-state index contributed by atoms with van der Waals surface area (Å²) in [4.78, 5) is 2.39. The molecule has 1 saturated carbocycles. The van der Waals surface area contributed by atoms with Gasteiger partial charge < -0.3 is 10.0 Å². The predicted molar refractivity (Wildman–Crippen MR) is 44.4 cm³/mol. The lowest BCUT2D eigenvalue weighted by Crippen LogP contribution is -2.23. The zero-order valence-electron chi connectivity index (χ0n) is 7.00. The normalized spacial score (nSPS) is 33.0. The van der Waals surface area contributed by atoms with Crippen molar-refractivity contribution in [3.8, 4) is 0 Å². The van der Waals surface area contributed by atoms with E-state index in [1.165, 1.54) is 25.8 Å². The Labute approximate surface area is 68.2 Å². The average Bonchev–Trinajstić information content (AvgIpc) is 2.72. The van der Waals surface area contributed by atoms with Gasteiger partial charge in [-0.25, -0.2) is 0 Å². The van der Waals surface area contributed by atoms with E-state index in [0.29, 0.717) is 0 Å². The fraction of sp³-hybridized carbons (Fsp3) is 1.00. The van der Waals surface area contributed by atoms with E-state index in [4.69, 9.17) is 0 Å². The van der Waals surface area contributed by atoms with E-state index >= 15 is 0 Å². The Morgan fingerprint density at radius 1 is 1.27 bits per heavy atom. The van der Waals surface area contributed by atoms with Crippen molar-refractivity contribution >= 4 is 0 Å². The smallest absolute Gasteiger partial charge is 0.0679 e. The second-order valence-corrected chi connectivity index (χ2v) is 3.98. The first kappa shape index (κ1) is 7.56. The summed E-state index contributed by atoms with van der Waals surface area (Å²) in [6.45, 7) is 3.27. The molecule has 2 nitrogen and oxygen atoms in total. The van der Waals surface area contributed by atoms with Crippen LogP contribution in [0.3, 0.4) is 0 Å². The van der Waals surface area contributed by atoms with Crippen LogP contribution in [0.1, 0.15) is 25.7 Å². The fourth-order valence-corrected chi connectivity index (χ4v) is 1.79. The van der Waals surface area contributed by atoms with Crippen molar-refractivity contribution in [2.75, 3.05) is 19.6 Å². The molecule has 0 bridgehead atoms. The van der Waals surface area contributed by atoms with Gasteiger partial charge in [-0.1, -0.05) is 12.8 Å². The molecule has 2 fully saturated rings. The van der Waals surface area contributed by atoms with Crippen LogP contribution in [0.5, 0.6) is 0 Å². The lowest BCUT2D eigenvalue weighted by atomic mass is 10.3. The van der Waals surface area contributed by atoms with Crippen molar-refractivity contribution in [3.05, 3.63) is 0 Å². The van der Waals surface area contributed by atoms with Crippen LogP contribution in [0, 0.1) is 5.92 Å². The molecule has 2 heteroatoms. The number of β-amino-alcohol motifs (C(OH)–C–C–N with tert-alkyl or cyclic N) is 1. The van der Waals surface area contributed by atoms with Crippen molar-refractivity contribution in [1.29, 1.82) is 0 Å². The van der Waals surface area contributed by atoms with E-state index in [-0.39, 0.29) is 6.10 Å². The van der Waals surface area contributed by atoms with Gasteiger partial charge in [0.05, 0.1) is 6.10 Å². The number of hydrogen-bond donors (Lipinski definition) is 1. The van der Waals surface area contributed by atoms with E-state index in [1.807, 2.05) is 0 Å². The Bertz CT molecular complexity index is 134. The molecule has 0 spiro atoms. The number of hydrogen-bond acceptors (Lipinski definition) is 2. The summed E-state index contributed by atoms with van der Waals surface area (Å²) in [5.74, 6) is 1.03. The molecule has 1 N–H and O–H groups in total. The standard InChI is InChI=1S/C9H17NO/c11-9-4-6-10(7-9)5-3-8-1-2-8/h8-9,11H,1-7H2. The first-order chi connectivity index (χ1) is 5.34. The van der Waals surface area contributed by atoms with E-state index in [0.717, 1.165) is 25.4 Å². The minimum Gasteiger partial charge on any atom is -0.392 e. The lowest BCUT2D eigenvalue weighted by Gasteiger charge is -2.13. The molecular weight excluding hydrogens is 138 g/mol. The zero-order chi connectivity index (χ0) is 7.68. The third-order valence-corrected chi connectivity index (χ3v) is 2.80. The first-order valence-corrected chi connectivity index (χ1v) is 4.75. The van der Waals surface area contributed by atoms with Crippen LogP contribution in [-0.4, -0.2) is 35.7 Å². The van der Waals surface area contributed by atoms with Crippen molar-refractivity contribution in [2.24, 2.45) is 5.92 Å². The van der Waals surface area contributed by atoms with Gasteiger partial charge in [0, 0.05) is 13.1 Å². The zero-order valence-corrected chi connectivity index (χ0v) is 7.00. The molecule has 1 atom stereocenters. The van der Waals surface area contributed by atoms with Gasteiger partial charge in [0.2, 0.25) is 0 Å². The van der Waals surface area contributed by atoms with Crippen LogP contribution in [0.4, 0.5) is 0 Å². The third kappa shape index (κ3) is 2.17. The quantitative estimate of drug-likeness (QED) is 0.653. The van der Waals surface area contributed by atoms with Crippen molar-refractivity contribution in [3.63, 3.8) is 0 Å². The van der Waals surface area contributed by atoms with Crippen LogP contribution < -0.4 is 0 Å². The van der Waals surface area contributed by atoms with Gasteiger partial charge in [0.1, 0.15) is 0 Å². The Morgan fingerprint density at radius 3 is 2.64 bits per heavy atom. The highest BCUT2D eigenvalue weighted by atomic mass is 16.3. The summed E-state index contributed by atoms with van der Waals surface area (Å²) >= 11 is 0. The van der Waals surface area contributed by atoms with Crippen molar-refractivity contribution in [1.82, 2.24) is 4.90 Å². The summed E-state index contributed by atoms with van der Waals surface area (Å²) < 4.78 is 0. The minimum absolute atomic E-state index is 0.0331. The highest BCUT2D eigenvalue weighted by Gasteiger charge is 2.24. The SMILES string of the molecule is OC1CCN(CCC2CC2)C1. The lowest BCUT2D eigenvalue weighted by molar-refractivity contribution is 0.175. The number of aliphatic hydroxyl groups excluding tert-OH is 1. The van der Waals surface area contributed by atoms with Gasteiger partial charge in [-0.3, -0.25) is 0 Å². The molecule has 11 heavy (non-hydrogen) atoms. The molecule has 1 aliphatic carbocycles. The van der Waals surface area contributed by atoms with Gasteiger partial charge in [0.25, 0.3) is 0 Å². The Morgan fingerprint density at radius 2 is 2.09 bits per heavy atom. The van der Waals surface area contributed by atoms with Gasteiger partial charge in [-0.2, -0.15) is 0 Å². The van der Waals surface area contributed by atoms with Gasteiger partial charge in [0.15, 0.2) is 0 Å². The van der Waals surface area contributed by atoms with Crippen molar-refractivity contribution < 1.29 is 5.11 Å². The Hall–Kier alpha value is -0.0800. The molecule has 2 aliphatic rings. The summed E-state index contributed by atoms with van der Waals surface area (Å²) in [5.41, 5.74) is 0. The molecule has 1 heterocycles. The molecule has 1 aliphatic heterocycles. The maximum atomic E-state index is 9.24. The molecule has 1 unspecified atom stereocenters. The molecule has 0 aromatic heterocycles. The topological polar surface area (TPSA) is 23.5 Å². The second kappa shape index (κ2) is 3.11. The number of nitrogens with zero attached hydrogens (tertiary/aromatic N) is 1. The molecule has 64 valence electrons. The van der Waals surface area contributed by atoms with Crippen LogP contribution in [-0.2, 0) is 0 Å². The highest BCUT2D eigenvalue weighted by Crippen LogP contribution is 2.32. The summed E-state index contributed by atoms with van der Waals surface area (Å²) in [7, 11) is 0.